The predicted molar refractivity (Wildman–Crippen MR) is 121 cm³/mol. The predicted octanol–water partition coefficient (Wildman–Crippen LogP) is 1.51. The van der Waals surface area contributed by atoms with Gasteiger partial charge in [-0.2, -0.15) is 9.97 Å². The van der Waals surface area contributed by atoms with Crippen LogP contribution < -0.4 is 16.8 Å². The van der Waals surface area contributed by atoms with Gasteiger partial charge in [-0.3, -0.25) is 9.59 Å². The molecule has 0 radical (unpaired) electrons. The van der Waals surface area contributed by atoms with E-state index in [1.54, 1.807) is 30.5 Å². The number of H-pyrrole nitrogens is 1. The Labute approximate surface area is 188 Å². The van der Waals surface area contributed by atoms with E-state index in [0.717, 1.165) is 16.5 Å². The van der Waals surface area contributed by atoms with Crippen LogP contribution in [0.2, 0.25) is 0 Å². The molecule has 0 fully saturated rings. The van der Waals surface area contributed by atoms with Gasteiger partial charge in [0.1, 0.15) is 17.5 Å². The SMILES string of the molecule is C=C(CC(=O)O)C[C@H](NC(=O)c1ccc(CCc2c[nH]c3nc(N)nc(N)c23)cc1)C(=O)O. The van der Waals surface area contributed by atoms with Crippen molar-refractivity contribution in [2.24, 2.45) is 0 Å². The van der Waals surface area contributed by atoms with Gasteiger partial charge in [-0.1, -0.05) is 24.3 Å². The molecule has 2 aromatic heterocycles. The first-order chi connectivity index (χ1) is 15.6. The Morgan fingerprint density at radius 3 is 2.42 bits per heavy atom. The number of aromatic nitrogens is 3. The summed E-state index contributed by atoms with van der Waals surface area (Å²) in [6.07, 6.45) is 2.58. The average molecular weight is 452 g/mol. The molecule has 0 aliphatic rings. The van der Waals surface area contributed by atoms with E-state index in [1.165, 1.54) is 0 Å². The Hall–Kier alpha value is -4.41. The number of amides is 1. The Morgan fingerprint density at radius 2 is 1.79 bits per heavy atom. The van der Waals surface area contributed by atoms with Gasteiger partial charge in [-0.25, -0.2) is 4.79 Å². The van der Waals surface area contributed by atoms with E-state index >= 15 is 0 Å². The molecule has 33 heavy (non-hydrogen) atoms. The molecule has 0 saturated heterocycles. The third-order valence-corrected chi connectivity index (χ3v) is 5.06. The number of aromatic amines is 1. The number of anilines is 2. The number of carbonyl (C=O) groups excluding carboxylic acids is 1. The summed E-state index contributed by atoms with van der Waals surface area (Å²) in [7, 11) is 0. The number of nitrogens with two attached hydrogens (primary N) is 2. The standard InChI is InChI=1S/C22H24N6O5/c1-11(9-16(29)30)8-15(21(32)33)26-20(31)13-5-2-12(3-6-13)4-7-14-10-25-19-17(14)18(23)27-22(24)28-19/h2-3,5-6,10,15H,1,4,7-9H2,(H,26,31)(H,29,30)(H,32,33)(H5,23,24,25,27,28)/t15-/m0/s1. The highest BCUT2D eigenvalue weighted by Crippen LogP contribution is 2.24. The topological polar surface area (TPSA) is 197 Å². The van der Waals surface area contributed by atoms with Crippen LogP contribution in [0.3, 0.4) is 0 Å². The van der Waals surface area contributed by atoms with Crippen molar-refractivity contribution in [1.29, 1.82) is 0 Å². The average Bonchev–Trinajstić information content (AvgIpc) is 3.14. The number of nitrogens with one attached hydrogen (secondary N) is 2. The first-order valence-corrected chi connectivity index (χ1v) is 10.0. The Balaban J connectivity index is 1.62. The molecule has 0 spiro atoms. The van der Waals surface area contributed by atoms with Gasteiger partial charge in [0.05, 0.1) is 11.8 Å². The second-order valence-electron chi connectivity index (χ2n) is 7.59. The summed E-state index contributed by atoms with van der Waals surface area (Å²) >= 11 is 0. The molecule has 0 aliphatic heterocycles. The second kappa shape index (κ2) is 9.81. The van der Waals surface area contributed by atoms with Crippen molar-refractivity contribution < 1.29 is 24.6 Å². The van der Waals surface area contributed by atoms with Gasteiger partial charge >= 0.3 is 11.9 Å². The van der Waals surface area contributed by atoms with Crippen molar-refractivity contribution in [2.75, 3.05) is 11.5 Å². The molecule has 172 valence electrons. The minimum atomic E-state index is -1.27. The van der Waals surface area contributed by atoms with Crippen molar-refractivity contribution in [3.63, 3.8) is 0 Å². The molecular weight excluding hydrogens is 428 g/mol. The molecule has 1 aromatic carbocycles. The number of aryl methyl sites for hydroxylation is 2. The van der Waals surface area contributed by atoms with Gasteiger partial charge in [0.25, 0.3) is 5.91 Å². The van der Waals surface area contributed by atoms with Crippen LogP contribution >= 0.6 is 0 Å². The third kappa shape index (κ3) is 5.85. The number of rotatable bonds is 10. The van der Waals surface area contributed by atoms with Crippen LogP contribution in [0.5, 0.6) is 0 Å². The number of benzene rings is 1. The highest BCUT2D eigenvalue weighted by atomic mass is 16.4. The normalized spacial score (nSPS) is 11.8. The summed E-state index contributed by atoms with van der Waals surface area (Å²) in [4.78, 5) is 45.8. The van der Waals surface area contributed by atoms with Crippen molar-refractivity contribution in [2.45, 2.75) is 31.7 Å². The molecule has 11 heteroatoms. The Morgan fingerprint density at radius 1 is 1.09 bits per heavy atom. The van der Waals surface area contributed by atoms with E-state index in [2.05, 4.69) is 26.8 Å². The van der Waals surface area contributed by atoms with Gasteiger partial charge in [0, 0.05) is 11.8 Å². The number of carboxylic acids is 2. The van der Waals surface area contributed by atoms with Crippen molar-refractivity contribution >= 4 is 40.6 Å². The number of nitrogens with zero attached hydrogens (tertiary/aromatic N) is 2. The molecule has 8 N–H and O–H groups in total. The fourth-order valence-corrected chi connectivity index (χ4v) is 3.46. The van der Waals surface area contributed by atoms with Crippen LogP contribution in [0, 0.1) is 0 Å². The largest absolute Gasteiger partial charge is 0.481 e. The lowest BCUT2D eigenvalue weighted by Crippen LogP contribution is -2.41. The van der Waals surface area contributed by atoms with E-state index in [-0.39, 0.29) is 29.9 Å². The number of hydrogen-bond donors (Lipinski definition) is 6. The van der Waals surface area contributed by atoms with Crippen LogP contribution in [0.15, 0.2) is 42.6 Å². The van der Waals surface area contributed by atoms with Crippen LogP contribution in [-0.2, 0) is 22.4 Å². The maximum absolute atomic E-state index is 12.5. The smallest absolute Gasteiger partial charge is 0.326 e. The minimum Gasteiger partial charge on any atom is -0.481 e. The number of carbonyl (C=O) groups is 3. The van der Waals surface area contributed by atoms with Crippen LogP contribution in [0.25, 0.3) is 11.0 Å². The highest BCUT2D eigenvalue weighted by molar-refractivity contribution is 5.96. The zero-order valence-corrected chi connectivity index (χ0v) is 17.7. The molecule has 0 aliphatic carbocycles. The zero-order valence-electron chi connectivity index (χ0n) is 17.7. The minimum absolute atomic E-state index is 0.0959. The van der Waals surface area contributed by atoms with Crippen LogP contribution in [0.4, 0.5) is 11.8 Å². The van der Waals surface area contributed by atoms with Crippen LogP contribution in [-0.4, -0.2) is 49.1 Å². The summed E-state index contributed by atoms with van der Waals surface area (Å²) in [6, 6.07) is 5.49. The summed E-state index contributed by atoms with van der Waals surface area (Å²) in [5.41, 5.74) is 14.5. The van der Waals surface area contributed by atoms with Crippen molar-refractivity contribution in [3.05, 3.63) is 59.3 Å². The quantitative estimate of drug-likeness (QED) is 0.247. The molecule has 0 saturated carbocycles. The lowest BCUT2D eigenvalue weighted by molar-refractivity contribution is -0.140. The summed E-state index contributed by atoms with van der Waals surface area (Å²) < 4.78 is 0. The van der Waals surface area contributed by atoms with Gasteiger partial charge in [0.2, 0.25) is 5.95 Å². The second-order valence-corrected chi connectivity index (χ2v) is 7.59. The Kier molecular flexibility index (Phi) is 6.91. The third-order valence-electron chi connectivity index (χ3n) is 5.06. The molecule has 0 unspecified atom stereocenters. The fourth-order valence-electron chi connectivity index (χ4n) is 3.46. The number of carboxylic acid groups (broad SMARTS) is 2. The van der Waals surface area contributed by atoms with Gasteiger partial charge in [-0.05, 0) is 42.5 Å². The molecular formula is C22H24N6O5. The van der Waals surface area contributed by atoms with E-state index in [4.69, 9.17) is 16.6 Å². The Bertz CT molecular complexity index is 1220. The molecule has 1 atom stereocenters. The zero-order chi connectivity index (χ0) is 24.1. The first kappa shape index (κ1) is 23.3. The van der Waals surface area contributed by atoms with Crippen molar-refractivity contribution in [3.8, 4) is 0 Å². The van der Waals surface area contributed by atoms with Crippen LogP contribution in [0.1, 0.15) is 34.3 Å². The molecule has 2 heterocycles. The molecule has 11 nitrogen and oxygen atoms in total. The van der Waals surface area contributed by atoms with E-state index in [9.17, 15) is 19.5 Å². The summed E-state index contributed by atoms with van der Waals surface area (Å²) in [5.74, 6) is -2.55. The number of hydrogen-bond acceptors (Lipinski definition) is 7. The molecule has 3 aromatic rings. The fraction of sp³-hybridized carbons (Fsp3) is 0.227. The van der Waals surface area contributed by atoms with Crippen molar-refractivity contribution in [1.82, 2.24) is 20.3 Å². The first-order valence-electron chi connectivity index (χ1n) is 10.0. The lowest BCUT2D eigenvalue weighted by atomic mass is 10.0. The highest BCUT2D eigenvalue weighted by Gasteiger charge is 2.22. The van der Waals surface area contributed by atoms with E-state index in [1.807, 2.05) is 0 Å². The molecule has 1 amide bonds. The molecule has 0 bridgehead atoms. The maximum atomic E-state index is 12.5. The summed E-state index contributed by atoms with van der Waals surface area (Å²) in [6.45, 7) is 3.56. The number of fused-ring (bicyclic) bond motifs is 1. The lowest BCUT2D eigenvalue weighted by Gasteiger charge is -2.15. The molecule has 3 rings (SSSR count). The van der Waals surface area contributed by atoms with Gasteiger partial charge < -0.3 is 32.0 Å². The van der Waals surface area contributed by atoms with E-state index in [0.29, 0.717) is 24.3 Å². The van der Waals surface area contributed by atoms with E-state index < -0.39 is 23.9 Å². The van der Waals surface area contributed by atoms with Gasteiger partial charge in [0.15, 0.2) is 0 Å². The monoisotopic (exact) mass is 452 g/mol. The number of aliphatic carboxylic acids is 2. The number of nitrogen functional groups attached to an aromatic ring is 2. The summed E-state index contributed by atoms with van der Waals surface area (Å²) in [5, 5.41) is 21.3. The maximum Gasteiger partial charge on any atom is 0.326 e. The van der Waals surface area contributed by atoms with Gasteiger partial charge in [-0.15, -0.1) is 0 Å².